The molecule has 0 spiro atoms. The van der Waals surface area contributed by atoms with Crippen LogP contribution in [-0.2, 0) is 13.1 Å². The van der Waals surface area contributed by atoms with E-state index in [0.717, 1.165) is 36.4 Å². The highest BCUT2D eigenvalue weighted by atomic mass is 32.1. The summed E-state index contributed by atoms with van der Waals surface area (Å²) in [5.41, 5.74) is 2.87. The maximum Gasteiger partial charge on any atom is 0.101 e. The number of anilines is 1. The smallest absolute Gasteiger partial charge is 0.101 e. The van der Waals surface area contributed by atoms with E-state index in [9.17, 15) is 5.26 Å². The van der Waals surface area contributed by atoms with Crippen molar-refractivity contribution in [3.05, 3.63) is 51.7 Å². The number of nitrogens with one attached hydrogen (secondary N) is 1. The fourth-order valence-corrected chi connectivity index (χ4v) is 2.86. The van der Waals surface area contributed by atoms with Gasteiger partial charge in [0, 0.05) is 18.5 Å². The summed E-state index contributed by atoms with van der Waals surface area (Å²) in [4.78, 5) is 3.43. The average molecular weight is 285 g/mol. The van der Waals surface area contributed by atoms with Gasteiger partial charge in [0.2, 0.25) is 0 Å². The van der Waals surface area contributed by atoms with Gasteiger partial charge < -0.3 is 10.2 Å². The first-order valence-corrected chi connectivity index (χ1v) is 7.59. The van der Waals surface area contributed by atoms with Crippen LogP contribution < -0.4 is 10.2 Å². The summed E-state index contributed by atoms with van der Waals surface area (Å²) in [5, 5.41) is 14.7. The van der Waals surface area contributed by atoms with Crippen LogP contribution in [-0.4, -0.2) is 13.6 Å². The summed E-state index contributed by atoms with van der Waals surface area (Å²) in [6.07, 6.45) is 0. The molecule has 0 aliphatic carbocycles. The summed E-state index contributed by atoms with van der Waals surface area (Å²) in [6, 6.07) is 12.6. The summed E-state index contributed by atoms with van der Waals surface area (Å²) < 4.78 is 0. The molecular formula is C16H19N3S. The first kappa shape index (κ1) is 14.6. The van der Waals surface area contributed by atoms with Crippen LogP contribution in [0.3, 0.4) is 0 Å². The molecule has 2 aromatic rings. The number of nitrogens with zero attached hydrogens (tertiary/aromatic N) is 2. The van der Waals surface area contributed by atoms with Crippen molar-refractivity contribution in [3.63, 3.8) is 0 Å². The minimum Gasteiger partial charge on any atom is -0.368 e. The second kappa shape index (κ2) is 7.09. The van der Waals surface area contributed by atoms with Gasteiger partial charge in [-0.3, -0.25) is 0 Å². The summed E-state index contributed by atoms with van der Waals surface area (Å²) >= 11 is 1.74. The lowest BCUT2D eigenvalue weighted by molar-refractivity contribution is 0.726. The third kappa shape index (κ3) is 3.60. The predicted molar refractivity (Wildman–Crippen MR) is 85.0 cm³/mol. The van der Waals surface area contributed by atoms with Crippen LogP contribution in [0.1, 0.15) is 22.9 Å². The van der Waals surface area contributed by atoms with Gasteiger partial charge in [0.15, 0.2) is 0 Å². The molecule has 0 saturated heterocycles. The molecule has 3 nitrogen and oxygen atoms in total. The number of hydrogen-bond acceptors (Lipinski definition) is 4. The van der Waals surface area contributed by atoms with Crippen LogP contribution in [0.4, 0.5) is 5.69 Å². The third-order valence-corrected chi connectivity index (χ3v) is 4.01. The van der Waals surface area contributed by atoms with E-state index in [4.69, 9.17) is 0 Å². The van der Waals surface area contributed by atoms with E-state index < -0.39 is 0 Å². The molecule has 0 bridgehead atoms. The molecular weight excluding hydrogens is 266 g/mol. The highest BCUT2D eigenvalue weighted by Crippen LogP contribution is 2.23. The molecule has 2 rings (SSSR count). The van der Waals surface area contributed by atoms with Gasteiger partial charge in [0.05, 0.1) is 17.8 Å². The summed E-state index contributed by atoms with van der Waals surface area (Å²) in [7, 11) is 2.03. The van der Waals surface area contributed by atoms with E-state index in [2.05, 4.69) is 46.8 Å². The van der Waals surface area contributed by atoms with Crippen molar-refractivity contribution in [2.75, 3.05) is 18.5 Å². The van der Waals surface area contributed by atoms with Gasteiger partial charge in [0.1, 0.15) is 6.07 Å². The fraction of sp³-hybridized carbons (Fsp3) is 0.312. The Balaban J connectivity index is 2.16. The van der Waals surface area contributed by atoms with Crippen LogP contribution >= 0.6 is 11.3 Å². The molecule has 1 aromatic carbocycles. The standard InChI is InChI=1S/C16H19N3S/c1-3-18-11-13-6-7-16(14(9-13)10-17)19(2)12-15-5-4-8-20-15/h4-9,18H,3,11-12H2,1-2H3. The molecule has 20 heavy (non-hydrogen) atoms. The maximum atomic E-state index is 9.35. The van der Waals surface area contributed by atoms with E-state index in [-0.39, 0.29) is 0 Å². The van der Waals surface area contributed by atoms with E-state index in [0.29, 0.717) is 0 Å². The van der Waals surface area contributed by atoms with Crippen LogP contribution in [0.15, 0.2) is 35.7 Å². The molecule has 0 radical (unpaired) electrons. The van der Waals surface area contributed by atoms with E-state index in [1.165, 1.54) is 4.88 Å². The van der Waals surface area contributed by atoms with Gasteiger partial charge in [-0.15, -0.1) is 11.3 Å². The minimum atomic E-state index is 0.736. The Labute approximate surface area is 124 Å². The molecule has 0 amide bonds. The monoisotopic (exact) mass is 285 g/mol. The van der Waals surface area contributed by atoms with Gasteiger partial charge in [-0.1, -0.05) is 19.1 Å². The Morgan fingerprint density at radius 1 is 1.35 bits per heavy atom. The highest BCUT2D eigenvalue weighted by Gasteiger charge is 2.09. The van der Waals surface area contributed by atoms with Crippen molar-refractivity contribution < 1.29 is 0 Å². The summed E-state index contributed by atoms with van der Waals surface area (Å²) in [6.45, 7) is 4.65. The van der Waals surface area contributed by atoms with Gasteiger partial charge >= 0.3 is 0 Å². The van der Waals surface area contributed by atoms with Gasteiger partial charge in [0.25, 0.3) is 0 Å². The third-order valence-electron chi connectivity index (χ3n) is 3.14. The van der Waals surface area contributed by atoms with Crippen LogP contribution in [0, 0.1) is 11.3 Å². The minimum absolute atomic E-state index is 0.736. The fourth-order valence-electron chi connectivity index (χ4n) is 2.11. The quantitative estimate of drug-likeness (QED) is 0.884. The SMILES string of the molecule is CCNCc1ccc(N(C)Cc2cccs2)c(C#N)c1. The van der Waals surface area contributed by atoms with Crippen molar-refractivity contribution in [2.45, 2.75) is 20.0 Å². The number of rotatable bonds is 6. The van der Waals surface area contributed by atoms with Crippen molar-refractivity contribution in [2.24, 2.45) is 0 Å². The first-order chi connectivity index (χ1) is 9.74. The lowest BCUT2D eigenvalue weighted by Crippen LogP contribution is -2.17. The molecule has 0 atom stereocenters. The lowest BCUT2D eigenvalue weighted by atomic mass is 10.1. The van der Waals surface area contributed by atoms with E-state index >= 15 is 0 Å². The van der Waals surface area contributed by atoms with Gasteiger partial charge in [-0.25, -0.2) is 0 Å². The van der Waals surface area contributed by atoms with Crippen molar-refractivity contribution in [1.82, 2.24) is 5.32 Å². The zero-order valence-corrected chi connectivity index (χ0v) is 12.7. The zero-order valence-electron chi connectivity index (χ0n) is 11.9. The van der Waals surface area contributed by atoms with Crippen molar-refractivity contribution in [1.29, 1.82) is 5.26 Å². The van der Waals surface area contributed by atoms with Crippen molar-refractivity contribution >= 4 is 17.0 Å². The van der Waals surface area contributed by atoms with Crippen LogP contribution in [0.2, 0.25) is 0 Å². The maximum absolute atomic E-state index is 9.35. The summed E-state index contributed by atoms with van der Waals surface area (Å²) in [5.74, 6) is 0. The molecule has 1 N–H and O–H groups in total. The second-order valence-electron chi connectivity index (χ2n) is 4.68. The Hall–Kier alpha value is -1.83. The Morgan fingerprint density at radius 3 is 2.85 bits per heavy atom. The van der Waals surface area contributed by atoms with E-state index in [1.54, 1.807) is 11.3 Å². The molecule has 0 fully saturated rings. The molecule has 1 aromatic heterocycles. The topological polar surface area (TPSA) is 39.1 Å². The largest absolute Gasteiger partial charge is 0.368 e. The van der Waals surface area contributed by atoms with Crippen molar-refractivity contribution in [3.8, 4) is 6.07 Å². The van der Waals surface area contributed by atoms with Gasteiger partial charge in [-0.2, -0.15) is 5.26 Å². The molecule has 1 heterocycles. The molecule has 0 unspecified atom stereocenters. The average Bonchev–Trinajstić information content (AvgIpc) is 2.97. The molecule has 4 heteroatoms. The molecule has 0 saturated carbocycles. The Bertz CT molecular complexity index is 584. The highest BCUT2D eigenvalue weighted by molar-refractivity contribution is 7.09. The van der Waals surface area contributed by atoms with Crippen LogP contribution in [0.25, 0.3) is 0 Å². The normalized spacial score (nSPS) is 10.2. The number of nitriles is 1. The van der Waals surface area contributed by atoms with Crippen LogP contribution in [0.5, 0.6) is 0 Å². The predicted octanol–water partition coefficient (Wildman–Crippen LogP) is 3.37. The number of benzene rings is 1. The Morgan fingerprint density at radius 2 is 2.20 bits per heavy atom. The lowest BCUT2D eigenvalue weighted by Gasteiger charge is -2.20. The van der Waals surface area contributed by atoms with E-state index in [1.807, 2.05) is 19.2 Å². The molecule has 0 aliphatic rings. The second-order valence-corrected chi connectivity index (χ2v) is 5.71. The zero-order chi connectivity index (χ0) is 14.4. The molecule has 104 valence electrons. The van der Waals surface area contributed by atoms with Gasteiger partial charge in [-0.05, 0) is 35.7 Å². The molecule has 0 aliphatic heterocycles. The first-order valence-electron chi connectivity index (χ1n) is 6.72. The Kier molecular flexibility index (Phi) is 5.16. The number of hydrogen-bond donors (Lipinski definition) is 1. The number of thiophene rings is 1.